The van der Waals surface area contributed by atoms with Gasteiger partial charge in [-0.1, -0.05) is 23.8 Å². The molecule has 0 saturated carbocycles. The van der Waals surface area contributed by atoms with Gasteiger partial charge in [0.05, 0.1) is 5.02 Å². The lowest BCUT2D eigenvalue weighted by Crippen LogP contribution is -2.09. The number of rotatable bonds is 3. The molecule has 4 nitrogen and oxygen atoms in total. The highest BCUT2D eigenvalue weighted by molar-refractivity contribution is 6.30. The van der Waals surface area contributed by atoms with Gasteiger partial charge in [0.2, 0.25) is 5.91 Å². The average molecular weight is 213 g/mol. The highest BCUT2D eigenvalue weighted by atomic mass is 35.5. The Balaban J connectivity index is 2.86. The van der Waals surface area contributed by atoms with Crippen LogP contribution in [-0.4, -0.2) is 10.9 Å². The minimum atomic E-state index is -0.445. The van der Waals surface area contributed by atoms with Crippen molar-refractivity contribution in [1.29, 1.82) is 0 Å². The van der Waals surface area contributed by atoms with Gasteiger partial charge in [-0.2, -0.15) is 0 Å². The minimum absolute atomic E-state index is 0.103. The Bertz CT molecular complexity index is 423. The predicted octanol–water partition coefficient (Wildman–Crippen LogP) is 0.917. The van der Waals surface area contributed by atoms with E-state index in [1.807, 2.05) is 0 Å². The van der Waals surface area contributed by atoms with Crippen LogP contribution in [-0.2, 0) is 4.79 Å². The number of hydrogen-bond donors (Lipinski definition) is 2. The maximum absolute atomic E-state index is 11.2. The van der Waals surface area contributed by atoms with Crippen molar-refractivity contribution in [3.8, 4) is 0 Å². The fraction of sp³-hybridized carbons (Fsp3) is 0.111. The molecule has 14 heavy (non-hydrogen) atoms. The molecule has 0 atom stereocenters. The van der Waals surface area contributed by atoms with Crippen LogP contribution in [0.3, 0.4) is 0 Å². The van der Waals surface area contributed by atoms with Gasteiger partial charge in [-0.05, 0) is 6.07 Å². The van der Waals surface area contributed by atoms with Crippen molar-refractivity contribution in [3.05, 3.63) is 39.3 Å². The third-order valence-electron chi connectivity index (χ3n) is 1.51. The van der Waals surface area contributed by atoms with Crippen LogP contribution in [0.25, 0.3) is 6.08 Å². The van der Waals surface area contributed by atoms with E-state index < -0.39 is 5.91 Å². The first-order chi connectivity index (χ1) is 6.59. The second-order valence-electron chi connectivity index (χ2n) is 2.68. The summed E-state index contributed by atoms with van der Waals surface area (Å²) in [5.41, 5.74) is 5.07. The Morgan fingerprint density at radius 1 is 1.64 bits per heavy atom. The number of carbonyl (C=O) groups excluding carboxylic acids is 1. The lowest BCUT2D eigenvalue weighted by molar-refractivity contribution is -0.117. The molecule has 0 fully saturated rings. The SMILES string of the molecule is NC(=O)CC=Cc1cc(Cl)c[nH]c1=O. The number of nitrogens with one attached hydrogen (secondary N) is 1. The maximum atomic E-state index is 11.2. The standard InChI is InChI=1S/C9H9ClN2O2/c10-7-4-6(9(14)12-5-7)2-1-3-8(11)13/h1-2,4-5H,3H2,(H2,11,13)(H,12,14). The zero-order valence-corrected chi connectivity index (χ0v) is 8.04. The molecule has 1 aromatic rings. The topological polar surface area (TPSA) is 76.0 Å². The Kier molecular flexibility index (Phi) is 3.48. The number of hydrogen-bond acceptors (Lipinski definition) is 2. The summed E-state index contributed by atoms with van der Waals surface area (Å²) >= 11 is 5.66. The highest BCUT2D eigenvalue weighted by Gasteiger charge is 1.96. The van der Waals surface area contributed by atoms with Crippen LogP contribution < -0.4 is 11.3 Å². The number of nitrogens with two attached hydrogens (primary N) is 1. The van der Waals surface area contributed by atoms with E-state index in [0.29, 0.717) is 10.6 Å². The lowest BCUT2D eigenvalue weighted by atomic mass is 10.2. The van der Waals surface area contributed by atoms with Gasteiger partial charge in [0, 0.05) is 18.2 Å². The molecule has 0 aromatic carbocycles. The largest absolute Gasteiger partial charge is 0.369 e. The Morgan fingerprint density at radius 2 is 2.36 bits per heavy atom. The van der Waals surface area contributed by atoms with E-state index in [4.69, 9.17) is 17.3 Å². The fourth-order valence-corrected chi connectivity index (χ4v) is 1.07. The van der Waals surface area contributed by atoms with E-state index in [2.05, 4.69) is 4.98 Å². The van der Waals surface area contributed by atoms with Gasteiger partial charge < -0.3 is 10.7 Å². The molecule has 0 saturated heterocycles. The normalized spacial score (nSPS) is 10.6. The Morgan fingerprint density at radius 3 is 3.00 bits per heavy atom. The molecule has 1 amide bonds. The zero-order chi connectivity index (χ0) is 10.6. The van der Waals surface area contributed by atoms with E-state index in [1.165, 1.54) is 24.4 Å². The van der Waals surface area contributed by atoms with Crippen LogP contribution >= 0.6 is 11.6 Å². The van der Waals surface area contributed by atoms with Gasteiger partial charge in [0.25, 0.3) is 5.56 Å². The molecular formula is C9H9ClN2O2. The number of halogens is 1. The third kappa shape index (κ3) is 3.06. The van der Waals surface area contributed by atoms with Gasteiger partial charge in [-0.25, -0.2) is 0 Å². The Hall–Kier alpha value is -1.55. The van der Waals surface area contributed by atoms with Crippen LogP contribution in [0.4, 0.5) is 0 Å². The van der Waals surface area contributed by atoms with Crippen molar-refractivity contribution in [2.45, 2.75) is 6.42 Å². The number of amides is 1. The van der Waals surface area contributed by atoms with Gasteiger partial charge in [0.1, 0.15) is 0 Å². The third-order valence-corrected chi connectivity index (χ3v) is 1.73. The smallest absolute Gasteiger partial charge is 0.255 e. The molecule has 0 aliphatic rings. The molecule has 0 spiro atoms. The number of H-pyrrole nitrogens is 1. The van der Waals surface area contributed by atoms with E-state index in [9.17, 15) is 9.59 Å². The summed E-state index contributed by atoms with van der Waals surface area (Å²) in [7, 11) is 0. The van der Waals surface area contributed by atoms with Gasteiger partial charge in [-0.3, -0.25) is 9.59 Å². The first-order valence-electron chi connectivity index (χ1n) is 3.92. The highest BCUT2D eigenvalue weighted by Crippen LogP contribution is 2.06. The summed E-state index contributed by atoms with van der Waals surface area (Å²) in [6.07, 6.45) is 4.53. The average Bonchev–Trinajstić information content (AvgIpc) is 2.10. The summed E-state index contributed by atoms with van der Waals surface area (Å²) < 4.78 is 0. The summed E-state index contributed by atoms with van der Waals surface area (Å²) in [6.45, 7) is 0. The lowest BCUT2D eigenvalue weighted by Gasteiger charge is -1.92. The molecular weight excluding hydrogens is 204 g/mol. The molecule has 0 radical (unpaired) electrons. The number of aromatic nitrogens is 1. The van der Waals surface area contributed by atoms with Crippen molar-refractivity contribution < 1.29 is 4.79 Å². The van der Waals surface area contributed by atoms with Gasteiger partial charge in [-0.15, -0.1) is 0 Å². The van der Waals surface area contributed by atoms with E-state index in [0.717, 1.165) is 0 Å². The first-order valence-corrected chi connectivity index (χ1v) is 4.30. The minimum Gasteiger partial charge on any atom is -0.369 e. The molecule has 74 valence electrons. The Labute approximate surface area is 85.4 Å². The summed E-state index contributed by atoms with van der Waals surface area (Å²) in [6, 6.07) is 1.51. The fourth-order valence-electron chi connectivity index (χ4n) is 0.899. The molecule has 1 aromatic heterocycles. The number of carbonyl (C=O) groups is 1. The van der Waals surface area contributed by atoms with Crippen LogP contribution in [0, 0.1) is 0 Å². The number of pyridine rings is 1. The van der Waals surface area contributed by atoms with Crippen molar-refractivity contribution in [2.75, 3.05) is 0 Å². The molecule has 0 unspecified atom stereocenters. The summed E-state index contributed by atoms with van der Waals surface area (Å²) in [5, 5.41) is 0.434. The summed E-state index contributed by atoms with van der Waals surface area (Å²) in [5.74, 6) is -0.445. The van der Waals surface area contributed by atoms with Crippen LogP contribution in [0.5, 0.6) is 0 Å². The van der Waals surface area contributed by atoms with Crippen molar-refractivity contribution >= 4 is 23.6 Å². The first kappa shape index (κ1) is 10.5. The van der Waals surface area contributed by atoms with Gasteiger partial charge in [0.15, 0.2) is 0 Å². The quantitative estimate of drug-likeness (QED) is 0.782. The maximum Gasteiger partial charge on any atom is 0.255 e. The monoisotopic (exact) mass is 212 g/mol. The van der Waals surface area contributed by atoms with Crippen molar-refractivity contribution in [2.24, 2.45) is 5.73 Å². The summed E-state index contributed by atoms with van der Waals surface area (Å²) in [4.78, 5) is 24.0. The van der Waals surface area contributed by atoms with Crippen molar-refractivity contribution in [3.63, 3.8) is 0 Å². The number of primary amides is 1. The molecule has 3 N–H and O–H groups in total. The molecule has 1 heterocycles. The van der Waals surface area contributed by atoms with Crippen molar-refractivity contribution in [1.82, 2.24) is 4.98 Å². The molecule has 0 aliphatic heterocycles. The van der Waals surface area contributed by atoms with Crippen LogP contribution in [0.15, 0.2) is 23.1 Å². The van der Waals surface area contributed by atoms with E-state index >= 15 is 0 Å². The molecule has 5 heteroatoms. The van der Waals surface area contributed by atoms with Gasteiger partial charge >= 0.3 is 0 Å². The number of aromatic amines is 1. The van der Waals surface area contributed by atoms with Crippen LogP contribution in [0.1, 0.15) is 12.0 Å². The van der Waals surface area contributed by atoms with E-state index in [1.54, 1.807) is 0 Å². The van der Waals surface area contributed by atoms with Crippen LogP contribution in [0.2, 0.25) is 5.02 Å². The zero-order valence-electron chi connectivity index (χ0n) is 7.29. The molecule has 1 rings (SSSR count). The molecule has 0 aliphatic carbocycles. The second kappa shape index (κ2) is 4.62. The second-order valence-corrected chi connectivity index (χ2v) is 3.11. The van der Waals surface area contributed by atoms with E-state index in [-0.39, 0.29) is 12.0 Å². The predicted molar refractivity (Wildman–Crippen MR) is 54.9 cm³/mol. The molecule has 0 bridgehead atoms.